The van der Waals surface area contributed by atoms with Crippen LogP contribution in [0.5, 0.6) is 0 Å². The Bertz CT molecular complexity index is 342. The molecular weight excluding hydrogens is 208 g/mol. The second-order valence-corrected chi connectivity index (χ2v) is 5.22. The first-order chi connectivity index (χ1) is 7.38. The van der Waals surface area contributed by atoms with Gasteiger partial charge in [-0.05, 0) is 24.4 Å². The van der Waals surface area contributed by atoms with Crippen LogP contribution in [0.25, 0.3) is 0 Å². The van der Waals surface area contributed by atoms with E-state index in [1.807, 2.05) is 0 Å². The highest BCUT2D eigenvalue weighted by Crippen LogP contribution is 2.17. The zero-order chi connectivity index (χ0) is 12.2. The molecule has 0 unspecified atom stereocenters. The normalized spacial score (nSPS) is 11.8. The monoisotopic (exact) mass is 227 g/mol. The van der Waals surface area contributed by atoms with Gasteiger partial charge in [0.05, 0.1) is 0 Å². The molecule has 0 saturated heterocycles. The molecule has 0 atom stereocenters. The fraction of sp³-hybridized carbons (Fsp3) is 0.538. The maximum atomic E-state index is 13.2. The van der Waals surface area contributed by atoms with E-state index in [1.165, 1.54) is 12.1 Å². The summed E-state index contributed by atoms with van der Waals surface area (Å²) in [6.07, 6.45) is 1.02. The summed E-state index contributed by atoms with van der Waals surface area (Å²) in [6, 6.07) is 3.68. The zero-order valence-corrected chi connectivity index (χ0v) is 10.1. The topological polar surface area (TPSA) is 12.0 Å². The fourth-order valence-electron chi connectivity index (χ4n) is 1.35. The van der Waals surface area contributed by atoms with Crippen molar-refractivity contribution in [1.82, 2.24) is 5.32 Å². The van der Waals surface area contributed by atoms with Gasteiger partial charge in [-0.25, -0.2) is 8.78 Å². The van der Waals surface area contributed by atoms with E-state index in [0.29, 0.717) is 12.1 Å². The Morgan fingerprint density at radius 2 is 1.88 bits per heavy atom. The van der Waals surface area contributed by atoms with Gasteiger partial charge < -0.3 is 5.32 Å². The summed E-state index contributed by atoms with van der Waals surface area (Å²) in [4.78, 5) is 0. The Balaban J connectivity index is 2.38. The molecule has 0 aliphatic rings. The van der Waals surface area contributed by atoms with Gasteiger partial charge in [0.25, 0.3) is 0 Å². The van der Waals surface area contributed by atoms with Crippen LogP contribution in [0, 0.1) is 17.0 Å². The number of rotatable bonds is 4. The van der Waals surface area contributed by atoms with Crippen molar-refractivity contribution in [2.75, 3.05) is 6.54 Å². The first-order valence-electron chi connectivity index (χ1n) is 5.53. The van der Waals surface area contributed by atoms with Gasteiger partial charge in [0.1, 0.15) is 11.6 Å². The van der Waals surface area contributed by atoms with Crippen molar-refractivity contribution in [3.63, 3.8) is 0 Å². The molecule has 0 heterocycles. The van der Waals surface area contributed by atoms with E-state index >= 15 is 0 Å². The van der Waals surface area contributed by atoms with Crippen LogP contribution in [-0.2, 0) is 6.54 Å². The molecule has 1 N–H and O–H groups in total. The molecule has 0 aliphatic heterocycles. The Morgan fingerprint density at radius 3 is 2.44 bits per heavy atom. The number of benzene rings is 1. The third kappa shape index (κ3) is 4.71. The number of halogens is 2. The van der Waals surface area contributed by atoms with E-state index in [1.54, 1.807) is 0 Å². The SMILES string of the molecule is CC(C)(C)CCNCc1ccc(F)cc1F. The third-order valence-electron chi connectivity index (χ3n) is 2.38. The van der Waals surface area contributed by atoms with Crippen molar-refractivity contribution in [1.29, 1.82) is 0 Å². The predicted octanol–water partition coefficient (Wildman–Crippen LogP) is 3.49. The summed E-state index contributed by atoms with van der Waals surface area (Å²) in [5.41, 5.74) is 0.782. The minimum atomic E-state index is -0.532. The molecule has 0 bridgehead atoms. The summed E-state index contributed by atoms with van der Waals surface area (Å²) in [6.45, 7) is 7.76. The van der Waals surface area contributed by atoms with Gasteiger partial charge in [0.2, 0.25) is 0 Å². The van der Waals surface area contributed by atoms with Gasteiger partial charge in [0, 0.05) is 18.2 Å². The van der Waals surface area contributed by atoms with Gasteiger partial charge in [-0.3, -0.25) is 0 Å². The van der Waals surface area contributed by atoms with Gasteiger partial charge in [-0.15, -0.1) is 0 Å². The quantitative estimate of drug-likeness (QED) is 0.776. The van der Waals surface area contributed by atoms with Gasteiger partial charge in [-0.1, -0.05) is 26.8 Å². The Hall–Kier alpha value is -0.960. The summed E-state index contributed by atoms with van der Waals surface area (Å²) in [7, 11) is 0. The lowest BCUT2D eigenvalue weighted by atomic mass is 9.92. The zero-order valence-electron chi connectivity index (χ0n) is 10.1. The highest BCUT2D eigenvalue weighted by Gasteiger charge is 2.09. The number of nitrogens with one attached hydrogen (secondary N) is 1. The lowest BCUT2D eigenvalue weighted by Gasteiger charge is -2.18. The maximum Gasteiger partial charge on any atom is 0.130 e. The van der Waals surface area contributed by atoms with Gasteiger partial charge in [0.15, 0.2) is 0 Å². The molecule has 0 saturated carbocycles. The van der Waals surface area contributed by atoms with E-state index < -0.39 is 11.6 Å². The Kier molecular flexibility index (Phi) is 4.42. The molecule has 0 spiro atoms. The summed E-state index contributed by atoms with van der Waals surface area (Å²) >= 11 is 0. The van der Waals surface area contributed by atoms with E-state index in [0.717, 1.165) is 19.0 Å². The van der Waals surface area contributed by atoms with Crippen molar-refractivity contribution in [3.05, 3.63) is 35.4 Å². The lowest BCUT2D eigenvalue weighted by molar-refractivity contribution is 0.366. The van der Waals surface area contributed by atoms with Gasteiger partial charge in [-0.2, -0.15) is 0 Å². The van der Waals surface area contributed by atoms with Crippen molar-refractivity contribution < 1.29 is 8.78 Å². The molecule has 1 rings (SSSR count). The largest absolute Gasteiger partial charge is 0.313 e. The van der Waals surface area contributed by atoms with E-state index in [-0.39, 0.29) is 5.41 Å². The molecule has 0 radical (unpaired) electrons. The molecule has 0 amide bonds. The first kappa shape index (κ1) is 13.1. The number of hydrogen-bond donors (Lipinski definition) is 1. The molecule has 0 aliphatic carbocycles. The van der Waals surface area contributed by atoms with Crippen molar-refractivity contribution in [2.45, 2.75) is 33.7 Å². The van der Waals surface area contributed by atoms with Crippen LogP contribution >= 0.6 is 0 Å². The average molecular weight is 227 g/mol. The maximum absolute atomic E-state index is 13.2. The minimum Gasteiger partial charge on any atom is -0.313 e. The average Bonchev–Trinajstić information content (AvgIpc) is 2.13. The Morgan fingerprint density at radius 1 is 1.19 bits per heavy atom. The van der Waals surface area contributed by atoms with Crippen molar-refractivity contribution >= 4 is 0 Å². The molecular formula is C13H19F2N. The van der Waals surface area contributed by atoms with Crippen LogP contribution in [0.4, 0.5) is 8.78 Å². The van der Waals surface area contributed by atoms with E-state index in [4.69, 9.17) is 0 Å². The van der Waals surface area contributed by atoms with Crippen LogP contribution in [0.15, 0.2) is 18.2 Å². The molecule has 1 aromatic rings. The van der Waals surface area contributed by atoms with Crippen LogP contribution in [0.2, 0.25) is 0 Å². The van der Waals surface area contributed by atoms with Crippen LogP contribution in [0.3, 0.4) is 0 Å². The highest BCUT2D eigenvalue weighted by molar-refractivity contribution is 5.18. The lowest BCUT2D eigenvalue weighted by Crippen LogP contribution is -2.20. The highest BCUT2D eigenvalue weighted by atomic mass is 19.1. The van der Waals surface area contributed by atoms with E-state index in [9.17, 15) is 8.78 Å². The predicted molar refractivity (Wildman–Crippen MR) is 62.1 cm³/mol. The number of hydrogen-bond acceptors (Lipinski definition) is 1. The third-order valence-corrected chi connectivity index (χ3v) is 2.38. The van der Waals surface area contributed by atoms with E-state index in [2.05, 4.69) is 26.1 Å². The molecule has 0 fully saturated rings. The second-order valence-electron chi connectivity index (χ2n) is 5.22. The van der Waals surface area contributed by atoms with Gasteiger partial charge >= 0.3 is 0 Å². The van der Waals surface area contributed by atoms with Crippen LogP contribution in [-0.4, -0.2) is 6.54 Å². The summed E-state index contributed by atoms with van der Waals surface area (Å²) < 4.78 is 25.9. The van der Waals surface area contributed by atoms with Crippen LogP contribution < -0.4 is 5.32 Å². The molecule has 0 aromatic heterocycles. The van der Waals surface area contributed by atoms with Crippen molar-refractivity contribution in [2.24, 2.45) is 5.41 Å². The second kappa shape index (κ2) is 5.39. The molecule has 3 heteroatoms. The molecule has 1 aromatic carbocycles. The Labute approximate surface area is 95.9 Å². The molecule has 90 valence electrons. The smallest absolute Gasteiger partial charge is 0.130 e. The standard InChI is InChI=1S/C13H19F2N/c1-13(2,3)6-7-16-9-10-4-5-11(14)8-12(10)15/h4-5,8,16H,6-7,9H2,1-3H3. The van der Waals surface area contributed by atoms with Crippen LogP contribution in [0.1, 0.15) is 32.8 Å². The summed E-state index contributed by atoms with van der Waals surface area (Å²) in [5, 5.41) is 3.16. The fourth-order valence-corrected chi connectivity index (χ4v) is 1.35. The molecule has 16 heavy (non-hydrogen) atoms. The minimum absolute atomic E-state index is 0.272. The first-order valence-corrected chi connectivity index (χ1v) is 5.53. The molecule has 1 nitrogen and oxygen atoms in total. The van der Waals surface area contributed by atoms with Crippen molar-refractivity contribution in [3.8, 4) is 0 Å². The summed E-state index contributed by atoms with van der Waals surface area (Å²) in [5.74, 6) is -1.01.